The largest absolute Gasteiger partial charge is 0.354 e. The second-order valence-corrected chi connectivity index (χ2v) is 10.5. The summed E-state index contributed by atoms with van der Waals surface area (Å²) in [5.74, 6) is 0. The Hall–Kier alpha value is -4.47. The second-order valence-electron chi connectivity index (χ2n) is 8.59. The Labute approximate surface area is 227 Å². The summed E-state index contributed by atoms with van der Waals surface area (Å²) in [7, 11) is 0. The maximum Gasteiger partial charge on any atom is 0.269 e. The number of aromatic nitrogens is 1. The summed E-state index contributed by atoms with van der Waals surface area (Å²) in [6.45, 7) is 1.97. The van der Waals surface area contributed by atoms with Gasteiger partial charge in [-0.3, -0.25) is 10.1 Å². The van der Waals surface area contributed by atoms with Gasteiger partial charge in [-0.2, -0.15) is 5.10 Å². The van der Waals surface area contributed by atoms with Crippen LogP contribution in [0.5, 0.6) is 0 Å². The quantitative estimate of drug-likeness (QED) is 0.138. The summed E-state index contributed by atoms with van der Waals surface area (Å²) >= 11 is 3.21. The van der Waals surface area contributed by atoms with Crippen LogP contribution in [0.15, 0.2) is 122 Å². The van der Waals surface area contributed by atoms with Crippen molar-refractivity contribution in [3.05, 3.63) is 123 Å². The number of anilines is 2. The number of thiazole rings is 1. The minimum Gasteiger partial charge on any atom is -0.354 e. The van der Waals surface area contributed by atoms with Gasteiger partial charge in [0.05, 0.1) is 33.4 Å². The van der Waals surface area contributed by atoms with E-state index in [9.17, 15) is 10.1 Å². The molecule has 1 N–H and O–H groups in total. The van der Waals surface area contributed by atoms with Gasteiger partial charge in [-0.1, -0.05) is 48.2 Å². The first-order chi connectivity index (χ1) is 18.5. The number of fused-ring (bicyclic) bond motifs is 2. The van der Waals surface area contributed by atoms with Crippen LogP contribution in [0.4, 0.5) is 22.7 Å². The zero-order valence-electron chi connectivity index (χ0n) is 20.2. The predicted molar refractivity (Wildman–Crippen MR) is 154 cm³/mol. The van der Waals surface area contributed by atoms with Crippen molar-refractivity contribution in [2.45, 2.75) is 16.7 Å². The van der Waals surface area contributed by atoms with Crippen molar-refractivity contribution in [2.24, 2.45) is 10.1 Å². The first kappa shape index (κ1) is 23.9. The summed E-state index contributed by atoms with van der Waals surface area (Å²) in [4.78, 5) is 18.6. The third-order valence-electron chi connectivity index (χ3n) is 6.06. The molecule has 6 rings (SSSR count). The molecule has 2 heterocycles. The van der Waals surface area contributed by atoms with Crippen LogP contribution in [0.25, 0.3) is 11.3 Å². The standard InChI is InChI=1S/C29H21N5O2S2/c1-19(21-13-16-28-25(17-21)31-24-9-5-6-10-27(24)38-28)32-33-26(20-11-14-23(15-12-20)34(35)36)18-37-29(33)30-22-7-3-2-4-8-22/h2-18,31H,1H3. The van der Waals surface area contributed by atoms with Crippen LogP contribution >= 0.6 is 23.1 Å². The number of nitro groups is 1. The van der Waals surface area contributed by atoms with Gasteiger partial charge in [0, 0.05) is 32.9 Å². The zero-order chi connectivity index (χ0) is 26.1. The molecule has 38 heavy (non-hydrogen) atoms. The summed E-state index contributed by atoms with van der Waals surface area (Å²) < 4.78 is 1.81. The van der Waals surface area contributed by atoms with E-state index < -0.39 is 4.92 Å². The SMILES string of the molecule is CC(=Nn1c(-c2ccc([N+](=O)[O-])cc2)csc1=Nc1ccccc1)c1ccc2c(c1)Nc1ccccc1S2. The van der Waals surface area contributed by atoms with E-state index in [0.29, 0.717) is 4.80 Å². The number of non-ortho nitro benzene ring substituents is 1. The van der Waals surface area contributed by atoms with Crippen LogP contribution in [0.1, 0.15) is 12.5 Å². The van der Waals surface area contributed by atoms with Crippen LogP contribution in [-0.4, -0.2) is 15.3 Å². The third kappa shape index (κ3) is 4.77. The molecule has 1 aliphatic rings. The number of nitrogens with zero attached hydrogens (tertiary/aromatic N) is 4. The molecule has 0 unspecified atom stereocenters. The first-order valence-corrected chi connectivity index (χ1v) is 13.5. The van der Waals surface area contributed by atoms with E-state index in [4.69, 9.17) is 10.1 Å². The average Bonchev–Trinajstić information content (AvgIpc) is 3.33. The molecule has 0 saturated carbocycles. The molecular weight excluding hydrogens is 514 g/mol. The summed E-state index contributed by atoms with van der Waals surface area (Å²) in [6.07, 6.45) is 0. The molecule has 0 fully saturated rings. The number of benzene rings is 4. The summed E-state index contributed by atoms with van der Waals surface area (Å²) in [5, 5.41) is 21.7. The van der Waals surface area contributed by atoms with E-state index in [1.54, 1.807) is 23.9 Å². The molecule has 0 bridgehead atoms. The van der Waals surface area contributed by atoms with Crippen LogP contribution in [-0.2, 0) is 0 Å². The average molecular weight is 536 g/mol. The van der Waals surface area contributed by atoms with Gasteiger partial charge >= 0.3 is 0 Å². The predicted octanol–water partition coefficient (Wildman–Crippen LogP) is 7.84. The highest BCUT2D eigenvalue weighted by Crippen LogP contribution is 2.44. The zero-order valence-corrected chi connectivity index (χ0v) is 21.9. The normalized spacial score (nSPS) is 13.0. The maximum atomic E-state index is 11.2. The maximum absolute atomic E-state index is 11.2. The van der Waals surface area contributed by atoms with E-state index in [-0.39, 0.29) is 5.69 Å². The molecule has 9 heteroatoms. The van der Waals surface area contributed by atoms with Crippen LogP contribution in [0.3, 0.4) is 0 Å². The molecule has 0 aliphatic carbocycles. The Kier molecular flexibility index (Phi) is 6.36. The van der Waals surface area contributed by atoms with E-state index in [1.807, 2.05) is 59.4 Å². The van der Waals surface area contributed by atoms with Gasteiger partial charge in [-0.25, -0.2) is 9.67 Å². The lowest BCUT2D eigenvalue weighted by molar-refractivity contribution is -0.384. The summed E-state index contributed by atoms with van der Waals surface area (Å²) in [6, 6.07) is 30.8. The minimum absolute atomic E-state index is 0.0467. The highest BCUT2D eigenvalue weighted by molar-refractivity contribution is 7.99. The number of nitrogens with one attached hydrogen (secondary N) is 1. The molecule has 186 valence electrons. The minimum atomic E-state index is -0.398. The van der Waals surface area contributed by atoms with Crippen molar-refractivity contribution >= 4 is 51.6 Å². The molecule has 4 aromatic carbocycles. The van der Waals surface area contributed by atoms with E-state index in [1.165, 1.54) is 28.4 Å². The molecule has 0 spiro atoms. The van der Waals surface area contributed by atoms with Crippen molar-refractivity contribution in [1.82, 2.24) is 4.68 Å². The van der Waals surface area contributed by atoms with E-state index >= 15 is 0 Å². The smallest absolute Gasteiger partial charge is 0.269 e. The van der Waals surface area contributed by atoms with E-state index in [0.717, 1.165) is 44.5 Å². The third-order valence-corrected chi connectivity index (χ3v) is 8.03. The first-order valence-electron chi connectivity index (χ1n) is 11.8. The van der Waals surface area contributed by atoms with Gasteiger partial charge < -0.3 is 5.32 Å². The van der Waals surface area contributed by atoms with Crippen molar-refractivity contribution < 1.29 is 4.92 Å². The molecule has 5 aromatic rings. The molecular formula is C29H21N5O2S2. The van der Waals surface area contributed by atoms with Gasteiger partial charge in [-0.05, 0) is 61.0 Å². The molecule has 0 amide bonds. The van der Waals surface area contributed by atoms with Crippen LogP contribution in [0, 0.1) is 10.1 Å². The highest BCUT2D eigenvalue weighted by atomic mass is 32.2. The topological polar surface area (TPSA) is 84.8 Å². The highest BCUT2D eigenvalue weighted by Gasteiger charge is 2.17. The monoisotopic (exact) mass is 535 g/mol. The van der Waals surface area contributed by atoms with E-state index in [2.05, 4.69) is 35.6 Å². The Morgan fingerprint density at radius 3 is 2.42 bits per heavy atom. The molecule has 1 aromatic heterocycles. The number of nitro benzene ring substituents is 1. The van der Waals surface area contributed by atoms with Gasteiger partial charge in [0.1, 0.15) is 0 Å². The van der Waals surface area contributed by atoms with Gasteiger partial charge in [-0.15, -0.1) is 11.3 Å². The molecule has 0 atom stereocenters. The lowest BCUT2D eigenvalue weighted by Crippen LogP contribution is -2.14. The number of para-hydroxylation sites is 2. The Bertz CT molecular complexity index is 1760. The van der Waals surface area contributed by atoms with Crippen molar-refractivity contribution in [1.29, 1.82) is 0 Å². The Morgan fingerprint density at radius 2 is 1.63 bits per heavy atom. The molecule has 7 nitrogen and oxygen atoms in total. The Morgan fingerprint density at radius 1 is 0.895 bits per heavy atom. The fourth-order valence-electron chi connectivity index (χ4n) is 4.11. The Balaban J connectivity index is 1.43. The van der Waals surface area contributed by atoms with Gasteiger partial charge in [0.15, 0.2) is 0 Å². The van der Waals surface area contributed by atoms with Gasteiger partial charge in [0.25, 0.3) is 5.69 Å². The number of hydrogen-bond acceptors (Lipinski definition) is 7. The van der Waals surface area contributed by atoms with Crippen molar-refractivity contribution in [3.63, 3.8) is 0 Å². The summed E-state index contributed by atoms with van der Waals surface area (Å²) in [5.41, 5.74) is 6.42. The van der Waals surface area contributed by atoms with Crippen molar-refractivity contribution in [3.8, 4) is 11.3 Å². The fraction of sp³-hybridized carbons (Fsp3) is 0.0345. The molecule has 0 radical (unpaired) electrons. The lowest BCUT2D eigenvalue weighted by atomic mass is 10.1. The van der Waals surface area contributed by atoms with Crippen molar-refractivity contribution in [2.75, 3.05) is 5.32 Å². The van der Waals surface area contributed by atoms with Crippen LogP contribution in [0.2, 0.25) is 0 Å². The number of rotatable bonds is 5. The molecule has 1 aliphatic heterocycles. The number of hydrogen-bond donors (Lipinski definition) is 1. The van der Waals surface area contributed by atoms with Gasteiger partial charge in [0.2, 0.25) is 4.80 Å². The van der Waals surface area contributed by atoms with Crippen LogP contribution < -0.4 is 10.1 Å². The fourth-order valence-corrected chi connectivity index (χ4v) is 5.93. The lowest BCUT2D eigenvalue weighted by Gasteiger charge is -2.21. The second kappa shape index (κ2) is 10.1. The molecule has 0 saturated heterocycles.